The summed E-state index contributed by atoms with van der Waals surface area (Å²) in [4.78, 5) is 16.4. The molecule has 3 fully saturated rings. The number of ether oxygens (including phenoxy) is 1. The fourth-order valence-corrected chi connectivity index (χ4v) is 4.60. The van der Waals surface area contributed by atoms with Crippen LogP contribution in [0.2, 0.25) is 0 Å². The zero-order valence-corrected chi connectivity index (χ0v) is 12.2. The molecule has 4 rings (SSSR count). The molecule has 1 amide bonds. The normalized spacial score (nSPS) is 35.2. The SMILES string of the molecule is O=C(N[C@@H]1[C@@H]2CCO[C@@H]2[C@@H]1C1CCCC1)c1ccncc1. The summed E-state index contributed by atoms with van der Waals surface area (Å²) < 4.78 is 5.93. The average Bonchev–Trinajstić information content (AvgIpc) is 3.16. The van der Waals surface area contributed by atoms with E-state index in [2.05, 4.69) is 10.3 Å². The number of nitrogens with one attached hydrogen (secondary N) is 1. The highest BCUT2D eigenvalue weighted by molar-refractivity contribution is 5.94. The quantitative estimate of drug-likeness (QED) is 0.928. The zero-order chi connectivity index (χ0) is 14.2. The Morgan fingerprint density at radius 3 is 2.71 bits per heavy atom. The molecule has 4 nitrogen and oxygen atoms in total. The van der Waals surface area contributed by atoms with E-state index < -0.39 is 0 Å². The molecule has 2 saturated carbocycles. The van der Waals surface area contributed by atoms with Gasteiger partial charge in [-0.15, -0.1) is 0 Å². The van der Waals surface area contributed by atoms with Crippen molar-refractivity contribution in [3.05, 3.63) is 30.1 Å². The molecule has 0 aromatic carbocycles. The van der Waals surface area contributed by atoms with Crippen molar-refractivity contribution in [2.45, 2.75) is 44.2 Å². The van der Waals surface area contributed by atoms with Gasteiger partial charge in [-0.1, -0.05) is 25.7 Å². The van der Waals surface area contributed by atoms with Crippen molar-refractivity contribution in [2.75, 3.05) is 6.61 Å². The fourth-order valence-electron chi connectivity index (χ4n) is 4.60. The standard InChI is InChI=1S/C17H22N2O2/c20-17(12-5-8-18-9-6-12)19-15-13-7-10-21-16(13)14(15)11-3-1-2-4-11/h5-6,8-9,11,13-16H,1-4,7,10H2,(H,19,20)/t13-,14+,15+,16-/m0/s1. The molecule has 4 atom stereocenters. The van der Waals surface area contributed by atoms with Gasteiger partial charge in [0, 0.05) is 42.4 Å². The molecule has 2 aliphatic carbocycles. The fraction of sp³-hybridized carbons (Fsp3) is 0.647. The molecule has 1 N–H and O–H groups in total. The highest BCUT2D eigenvalue weighted by Crippen LogP contribution is 2.51. The third-order valence-corrected chi connectivity index (χ3v) is 5.62. The van der Waals surface area contributed by atoms with Gasteiger partial charge in [-0.3, -0.25) is 9.78 Å². The van der Waals surface area contributed by atoms with Gasteiger partial charge in [-0.05, 0) is 24.5 Å². The lowest BCUT2D eigenvalue weighted by Gasteiger charge is -2.50. The molecule has 0 bridgehead atoms. The molecule has 0 spiro atoms. The Labute approximate surface area is 125 Å². The molecule has 112 valence electrons. The molecule has 4 heteroatoms. The van der Waals surface area contributed by atoms with Crippen LogP contribution in [0.3, 0.4) is 0 Å². The van der Waals surface area contributed by atoms with Gasteiger partial charge >= 0.3 is 0 Å². The molecule has 1 aromatic heterocycles. The topological polar surface area (TPSA) is 51.2 Å². The largest absolute Gasteiger partial charge is 0.377 e. The number of amides is 1. The summed E-state index contributed by atoms with van der Waals surface area (Å²) in [5.41, 5.74) is 0.706. The number of pyridine rings is 1. The maximum absolute atomic E-state index is 12.4. The first kappa shape index (κ1) is 13.3. The minimum atomic E-state index is 0.0377. The third kappa shape index (κ3) is 2.26. The Balaban J connectivity index is 1.48. The van der Waals surface area contributed by atoms with Crippen LogP contribution in [0.4, 0.5) is 0 Å². The van der Waals surface area contributed by atoms with E-state index in [9.17, 15) is 4.79 Å². The third-order valence-electron chi connectivity index (χ3n) is 5.62. The van der Waals surface area contributed by atoms with E-state index in [4.69, 9.17) is 4.74 Å². The summed E-state index contributed by atoms with van der Waals surface area (Å²) in [6.07, 6.45) is 10.1. The van der Waals surface area contributed by atoms with Gasteiger partial charge in [0.05, 0.1) is 6.10 Å². The highest BCUT2D eigenvalue weighted by atomic mass is 16.5. The molecule has 21 heavy (non-hydrogen) atoms. The lowest BCUT2D eigenvalue weighted by atomic mass is 9.61. The summed E-state index contributed by atoms with van der Waals surface area (Å²) >= 11 is 0. The monoisotopic (exact) mass is 286 g/mol. The summed E-state index contributed by atoms with van der Waals surface area (Å²) in [6, 6.07) is 3.86. The molecule has 3 aliphatic rings. The van der Waals surface area contributed by atoms with E-state index in [1.54, 1.807) is 24.5 Å². The van der Waals surface area contributed by atoms with E-state index in [1.165, 1.54) is 25.7 Å². The van der Waals surface area contributed by atoms with E-state index >= 15 is 0 Å². The average molecular weight is 286 g/mol. The van der Waals surface area contributed by atoms with Crippen LogP contribution in [0.15, 0.2) is 24.5 Å². The number of carbonyl (C=O) groups is 1. The number of nitrogens with zero attached hydrogens (tertiary/aromatic N) is 1. The van der Waals surface area contributed by atoms with E-state index in [-0.39, 0.29) is 5.91 Å². The predicted octanol–water partition coefficient (Wildman–Crippen LogP) is 2.41. The van der Waals surface area contributed by atoms with E-state index in [0.717, 1.165) is 18.9 Å². The van der Waals surface area contributed by atoms with Crippen molar-refractivity contribution in [3.63, 3.8) is 0 Å². The lowest BCUT2D eigenvalue weighted by Crippen LogP contribution is -2.63. The van der Waals surface area contributed by atoms with Crippen molar-refractivity contribution in [3.8, 4) is 0 Å². The molecule has 0 radical (unpaired) electrons. The Morgan fingerprint density at radius 1 is 1.19 bits per heavy atom. The van der Waals surface area contributed by atoms with Crippen LogP contribution >= 0.6 is 0 Å². The summed E-state index contributed by atoms with van der Waals surface area (Å²) in [5.74, 6) is 1.84. The second-order valence-electron chi connectivity index (χ2n) is 6.64. The van der Waals surface area contributed by atoms with Crippen LogP contribution < -0.4 is 5.32 Å². The van der Waals surface area contributed by atoms with Crippen molar-refractivity contribution < 1.29 is 9.53 Å². The molecule has 1 aliphatic heterocycles. The highest BCUT2D eigenvalue weighted by Gasteiger charge is 2.56. The van der Waals surface area contributed by atoms with Gasteiger partial charge in [0.2, 0.25) is 0 Å². The number of fused-ring (bicyclic) bond motifs is 1. The first-order valence-corrected chi connectivity index (χ1v) is 8.17. The van der Waals surface area contributed by atoms with Crippen LogP contribution in [0.1, 0.15) is 42.5 Å². The Bertz CT molecular complexity index is 508. The van der Waals surface area contributed by atoms with E-state index in [0.29, 0.717) is 29.5 Å². The minimum absolute atomic E-state index is 0.0377. The molecular formula is C17H22N2O2. The summed E-state index contributed by atoms with van der Waals surface area (Å²) in [5, 5.41) is 3.28. The summed E-state index contributed by atoms with van der Waals surface area (Å²) in [6.45, 7) is 0.861. The Kier molecular flexibility index (Phi) is 3.42. The Morgan fingerprint density at radius 2 is 1.95 bits per heavy atom. The van der Waals surface area contributed by atoms with Gasteiger partial charge < -0.3 is 10.1 Å². The molecule has 0 unspecified atom stereocenters. The number of rotatable bonds is 3. The maximum Gasteiger partial charge on any atom is 0.251 e. The first-order valence-electron chi connectivity index (χ1n) is 8.17. The lowest BCUT2D eigenvalue weighted by molar-refractivity contribution is -0.0784. The number of hydrogen-bond acceptors (Lipinski definition) is 3. The van der Waals surface area contributed by atoms with Gasteiger partial charge in [-0.2, -0.15) is 0 Å². The van der Waals surface area contributed by atoms with Crippen LogP contribution in [0.25, 0.3) is 0 Å². The second kappa shape index (κ2) is 5.41. The van der Waals surface area contributed by atoms with Gasteiger partial charge in [0.15, 0.2) is 0 Å². The molecular weight excluding hydrogens is 264 g/mol. The minimum Gasteiger partial charge on any atom is -0.377 e. The van der Waals surface area contributed by atoms with Crippen molar-refractivity contribution in [1.82, 2.24) is 10.3 Å². The molecule has 1 saturated heterocycles. The molecule has 1 aromatic rings. The summed E-state index contributed by atoms with van der Waals surface area (Å²) in [7, 11) is 0. The van der Waals surface area contributed by atoms with Crippen LogP contribution in [-0.2, 0) is 4.74 Å². The second-order valence-corrected chi connectivity index (χ2v) is 6.64. The van der Waals surface area contributed by atoms with Crippen molar-refractivity contribution >= 4 is 5.91 Å². The zero-order valence-electron chi connectivity index (χ0n) is 12.2. The van der Waals surface area contributed by atoms with Gasteiger partial charge in [0.25, 0.3) is 5.91 Å². The Hall–Kier alpha value is -1.42. The number of hydrogen-bond donors (Lipinski definition) is 1. The van der Waals surface area contributed by atoms with Crippen molar-refractivity contribution in [1.29, 1.82) is 0 Å². The van der Waals surface area contributed by atoms with Crippen LogP contribution in [-0.4, -0.2) is 29.6 Å². The smallest absolute Gasteiger partial charge is 0.251 e. The van der Waals surface area contributed by atoms with Crippen LogP contribution in [0.5, 0.6) is 0 Å². The molecule has 2 heterocycles. The number of aromatic nitrogens is 1. The number of carbonyl (C=O) groups excluding carboxylic acids is 1. The van der Waals surface area contributed by atoms with Crippen LogP contribution in [0, 0.1) is 17.8 Å². The van der Waals surface area contributed by atoms with Crippen molar-refractivity contribution in [2.24, 2.45) is 17.8 Å². The van der Waals surface area contributed by atoms with E-state index in [1.807, 2.05) is 0 Å². The first-order chi connectivity index (χ1) is 10.3. The predicted molar refractivity (Wildman–Crippen MR) is 78.8 cm³/mol. The van der Waals surface area contributed by atoms with Gasteiger partial charge in [-0.25, -0.2) is 0 Å². The van der Waals surface area contributed by atoms with Gasteiger partial charge in [0.1, 0.15) is 0 Å². The maximum atomic E-state index is 12.4.